The second kappa shape index (κ2) is 9.90. The van der Waals surface area contributed by atoms with Gasteiger partial charge in [-0.1, -0.05) is 30.3 Å². The van der Waals surface area contributed by atoms with Crippen LogP contribution in [0, 0.1) is 0 Å². The van der Waals surface area contributed by atoms with E-state index in [4.69, 9.17) is 9.47 Å². The molecule has 2 aromatic rings. The Balaban J connectivity index is 1.55. The fourth-order valence-corrected chi connectivity index (χ4v) is 3.20. The summed E-state index contributed by atoms with van der Waals surface area (Å²) in [5, 5.41) is 2.92. The van der Waals surface area contributed by atoms with E-state index in [-0.39, 0.29) is 18.1 Å². The summed E-state index contributed by atoms with van der Waals surface area (Å²) in [5.74, 6) is 0.546. The molecule has 28 heavy (non-hydrogen) atoms. The summed E-state index contributed by atoms with van der Waals surface area (Å²) in [7, 11) is 1.58. The molecule has 3 rings (SSSR count). The minimum atomic E-state index is -0.127. The Morgan fingerprint density at radius 3 is 2.54 bits per heavy atom. The number of ether oxygens (including phenoxy) is 2. The van der Waals surface area contributed by atoms with Crippen LogP contribution in [-0.2, 0) is 9.53 Å². The molecule has 1 aliphatic rings. The van der Waals surface area contributed by atoms with Gasteiger partial charge in [0.05, 0.1) is 26.0 Å². The molecule has 0 bridgehead atoms. The third-order valence-corrected chi connectivity index (χ3v) is 4.74. The zero-order valence-electron chi connectivity index (χ0n) is 16.1. The van der Waals surface area contributed by atoms with Crippen molar-refractivity contribution < 1.29 is 19.1 Å². The van der Waals surface area contributed by atoms with E-state index in [1.807, 2.05) is 36.4 Å². The molecule has 0 radical (unpaired) electrons. The monoisotopic (exact) mass is 382 g/mol. The number of amides is 1. The van der Waals surface area contributed by atoms with Gasteiger partial charge in [-0.2, -0.15) is 0 Å². The van der Waals surface area contributed by atoms with E-state index in [0.717, 1.165) is 18.8 Å². The lowest BCUT2D eigenvalue weighted by Gasteiger charge is -2.29. The number of anilines is 2. The molecule has 1 fully saturated rings. The second-order valence-electron chi connectivity index (χ2n) is 6.67. The number of methoxy groups -OCH3 is 1. The van der Waals surface area contributed by atoms with Crippen molar-refractivity contribution in [2.75, 3.05) is 43.6 Å². The number of rotatable bonds is 8. The summed E-state index contributed by atoms with van der Waals surface area (Å²) in [6.07, 6.45) is 1.14. The fourth-order valence-electron chi connectivity index (χ4n) is 3.20. The SMILES string of the molecule is COc1ccc(N2CCOCC2)cc1NC(=O)CCCC(=O)c1ccccc1. The van der Waals surface area contributed by atoms with Gasteiger partial charge in [-0.15, -0.1) is 0 Å². The molecule has 6 nitrogen and oxygen atoms in total. The fraction of sp³-hybridized carbons (Fsp3) is 0.364. The zero-order valence-corrected chi connectivity index (χ0v) is 16.1. The van der Waals surface area contributed by atoms with Crippen molar-refractivity contribution in [2.24, 2.45) is 0 Å². The maximum Gasteiger partial charge on any atom is 0.224 e. The van der Waals surface area contributed by atoms with Crippen LogP contribution in [0.3, 0.4) is 0 Å². The van der Waals surface area contributed by atoms with Gasteiger partial charge in [0.1, 0.15) is 5.75 Å². The summed E-state index contributed by atoms with van der Waals surface area (Å²) in [6, 6.07) is 14.9. The highest BCUT2D eigenvalue weighted by atomic mass is 16.5. The van der Waals surface area contributed by atoms with Crippen LogP contribution < -0.4 is 15.0 Å². The molecule has 0 aromatic heterocycles. The van der Waals surface area contributed by atoms with E-state index in [1.165, 1.54) is 0 Å². The van der Waals surface area contributed by atoms with Gasteiger partial charge in [-0.05, 0) is 24.6 Å². The van der Waals surface area contributed by atoms with Gasteiger partial charge in [0.2, 0.25) is 5.91 Å². The number of morpholine rings is 1. The summed E-state index contributed by atoms with van der Waals surface area (Å²) in [4.78, 5) is 26.7. The van der Waals surface area contributed by atoms with Crippen LogP contribution in [0.25, 0.3) is 0 Å². The Morgan fingerprint density at radius 2 is 1.82 bits per heavy atom. The number of ketones is 1. The molecule has 1 N–H and O–H groups in total. The van der Waals surface area contributed by atoms with Gasteiger partial charge >= 0.3 is 0 Å². The number of nitrogens with zero attached hydrogens (tertiary/aromatic N) is 1. The van der Waals surface area contributed by atoms with Crippen LogP contribution in [0.1, 0.15) is 29.6 Å². The van der Waals surface area contributed by atoms with Crippen molar-refractivity contribution in [2.45, 2.75) is 19.3 Å². The minimum Gasteiger partial charge on any atom is -0.495 e. The van der Waals surface area contributed by atoms with Crippen molar-refractivity contribution in [1.82, 2.24) is 0 Å². The Labute approximate surface area is 165 Å². The third kappa shape index (κ3) is 5.33. The van der Waals surface area contributed by atoms with E-state index in [2.05, 4.69) is 10.2 Å². The van der Waals surface area contributed by atoms with Gasteiger partial charge in [0, 0.05) is 37.2 Å². The minimum absolute atomic E-state index is 0.0558. The highest BCUT2D eigenvalue weighted by Gasteiger charge is 2.15. The smallest absolute Gasteiger partial charge is 0.224 e. The first-order valence-electron chi connectivity index (χ1n) is 9.56. The lowest BCUT2D eigenvalue weighted by atomic mass is 10.1. The lowest BCUT2D eigenvalue weighted by molar-refractivity contribution is -0.116. The standard InChI is InChI=1S/C22H26N2O4/c1-27-21-11-10-18(24-12-14-28-15-13-24)16-19(21)23-22(26)9-5-8-20(25)17-6-3-2-4-7-17/h2-4,6-7,10-11,16H,5,8-9,12-15H2,1H3,(H,23,26). The molecule has 0 spiro atoms. The normalized spacial score (nSPS) is 13.8. The van der Waals surface area contributed by atoms with Crippen LogP contribution in [-0.4, -0.2) is 45.1 Å². The molecule has 1 aliphatic heterocycles. The Hall–Kier alpha value is -2.86. The number of benzene rings is 2. The first-order valence-corrected chi connectivity index (χ1v) is 9.56. The molecule has 0 aliphatic carbocycles. The largest absolute Gasteiger partial charge is 0.495 e. The maximum atomic E-state index is 12.4. The third-order valence-electron chi connectivity index (χ3n) is 4.74. The molecule has 2 aromatic carbocycles. The molecule has 0 unspecified atom stereocenters. The number of hydrogen-bond donors (Lipinski definition) is 1. The highest BCUT2D eigenvalue weighted by Crippen LogP contribution is 2.30. The topological polar surface area (TPSA) is 67.9 Å². The van der Waals surface area contributed by atoms with Crippen LogP contribution >= 0.6 is 0 Å². The van der Waals surface area contributed by atoms with Gasteiger partial charge in [0.25, 0.3) is 0 Å². The number of hydrogen-bond acceptors (Lipinski definition) is 5. The predicted octanol–water partition coefficient (Wildman–Crippen LogP) is 3.52. The quantitative estimate of drug-likeness (QED) is 0.708. The van der Waals surface area contributed by atoms with E-state index in [1.54, 1.807) is 19.2 Å². The average molecular weight is 382 g/mol. The Morgan fingerprint density at radius 1 is 1.07 bits per heavy atom. The summed E-state index contributed by atoms with van der Waals surface area (Å²) >= 11 is 0. The molecular formula is C22H26N2O4. The zero-order chi connectivity index (χ0) is 19.8. The number of carbonyl (C=O) groups excluding carboxylic acids is 2. The first kappa shape index (κ1) is 19.9. The molecule has 6 heteroatoms. The first-order chi connectivity index (χ1) is 13.7. The molecule has 0 saturated carbocycles. The average Bonchev–Trinajstić information content (AvgIpc) is 2.75. The van der Waals surface area contributed by atoms with Gasteiger partial charge in [-0.3, -0.25) is 9.59 Å². The second-order valence-corrected chi connectivity index (χ2v) is 6.67. The van der Waals surface area contributed by atoms with E-state index >= 15 is 0 Å². The Kier molecular flexibility index (Phi) is 7.03. The van der Waals surface area contributed by atoms with Crippen LogP contribution in [0.2, 0.25) is 0 Å². The highest BCUT2D eigenvalue weighted by molar-refractivity contribution is 5.97. The molecule has 1 amide bonds. The summed E-state index contributed by atoms with van der Waals surface area (Å²) in [5.41, 5.74) is 2.35. The van der Waals surface area contributed by atoms with Crippen LogP contribution in [0.15, 0.2) is 48.5 Å². The molecule has 1 saturated heterocycles. The molecular weight excluding hydrogens is 356 g/mol. The Bertz CT molecular complexity index is 801. The molecule has 148 valence electrons. The predicted molar refractivity (Wildman–Crippen MR) is 109 cm³/mol. The van der Waals surface area contributed by atoms with E-state index in [0.29, 0.717) is 43.1 Å². The van der Waals surface area contributed by atoms with Crippen molar-refractivity contribution in [3.8, 4) is 5.75 Å². The summed E-state index contributed by atoms with van der Waals surface area (Å²) in [6.45, 7) is 3.04. The molecule has 1 heterocycles. The van der Waals surface area contributed by atoms with Crippen molar-refractivity contribution in [3.63, 3.8) is 0 Å². The lowest BCUT2D eigenvalue weighted by Crippen LogP contribution is -2.36. The van der Waals surface area contributed by atoms with Crippen LogP contribution in [0.4, 0.5) is 11.4 Å². The van der Waals surface area contributed by atoms with Crippen molar-refractivity contribution in [1.29, 1.82) is 0 Å². The van der Waals surface area contributed by atoms with Gasteiger partial charge in [0.15, 0.2) is 5.78 Å². The molecule has 0 atom stereocenters. The van der Waals surface area contributed by atoms with E-state index in [9.17, 15) is 9.59 Å². The van der Waals surface area contributed by atoms with E-state index < -0.39 is 0 Å². The van der Waals surface area contributed by atoms with Crippen LogP contribution in [0.5, 0.6) is 5.75 Å². The summed E-state index contributed by atoms with van der Waals surface area (Å²) < 4.78 is 10.8. The number of carbonyl (C=O) groups is 2. The van der Waals surface area contributed by atoms with Crippen molar-refractivity contribution in [3.05, 3.63) is 54.1 Å². The van der Waals surface area contributed by atoms with Crippen molar-refractivity contribution >= 4 is 23.1 Å². The van der Waals surface area contributed by atoms with Gasteiger partial charge < -0.3 is 19.7 Å². The maximum absolute atomic E-state index is 12.4. The van der Waals surface area contributed by atoms with Gasteiger partial charge in [-0.25, -0.2) is 0 Å². The number of Topliss-reactive ketones (excluding diaryl/α,β-unsaturated/α-hetero) is 1. The number of nitrogens with one attached hydrogen (secondary N) is 1.